The first-order valence-electron chi connectivity index (χ1n) is 11.8. The molecule has 0 saturated carbocycles. The third-order valence-electron chi connectivity index (χ3n) is 6.20. The zero-order chi connectivity index (χ0) is 24.6. The number of halogens is 1. The van der Waals surface area contributed by atoms with Gasteiger partial charge in [-0.1, -0.05) is 53.6 Å². The molecule has 0 aromatic heterocycles. The second kappa shape index (κ2) is 12.1. The Morgan fingerprint density at radius 1 is 1.00 bits per heavy atom. The zero-order valence-electron chi connectivity index (χ0n) is 20.2. The highest BCUT2D eigenvalue weighted by Crippen LogP contribution is 2.24. The van der Waals surface area contributed by atoms with E-state index in [4.69, 9.17) is 21.1 Å². The van der Waals surface area contributed by atoms with Gasteiger partial charge in [-0.15, -0.1) is 0 Å². The number of methoxy groups -OCH3 is 1. The Kier molecular flexibility index (Phi) is 8.64. The largest absolute Gasteiger partial charge is 0.497 e. The van der Waals surface area contributed by atoms with Gasteiger partial charge >= 0.3 is 6.03 Å². The van der Waals surface area contributed by atoms with E-state index in [0.29, 0.717) is 24.7 Å². The predicted octanol–water partition coefficient (Wildman–Crippen LogP) is 5.76. The van der Waals surface area contributed by atoms with E-state index < -0.39 is 0 Å². The van der Waals surface area contributed by atoms with Crippen molar-refractivity contribution in [1.82, 2.24) is 9.80 Å². The molecular weight excluding hydrogens is 462 g/mol. The van der Waals surface area contributed by atoms with Crippen molar-refractivity contribution in [2.24, 2.45) is 0 Å². The monoisotopic (exact) mass is 493 g/mol. The van der Waals surface area contributed by atoms with Crippen LogP contribution in [0.25, 0.3) is 0 Å². The van der Waals surface area contributed by atoms with Crippen molar-refractivity contribution >= 4 is 23.3 Å². The molecule has 1 aliphatic heterocycles. The van der Waals surface area contributed by atoms with Crippen LogP contribution in [0.3, 0.4) is 0 Å². The number of benzene rings is 3. The van der Waals surface area contributed by atoms with E-state index in [9.17, 15) is 4.79 Å². The van der Waals surface area contributed by atoms with E-state index in [0.717, 1.165) is 42.2 Å². The van der Waals surface area contributed by atoms with Crippen LogP contribution in [-0.2, 0) is 11.3 Å². The van der Waals surface area contributed by atoms with E-state index in [-0.39, 0.29) is 12.1 Å². The molecular formula is C28H32ClN3O3. The van der Waals surface area contributed by atoms with Crippen LogP contribution in [0, 0.1) is 6.92 Å². The zero-order valence-corrected chi connectivity index (χ0v) is 21.0. The molecule has 1 heterocycles. The Hall–Kier alpha value is -3.06. The fourth-order valence-corrected chi connectivity index (χ4v) is 4.30. The highest BCUT2D eigenvalue weighted by atomic mass is 35.5. The summed E-state index contributed by atoms with van der Waals surface area (Å²) in [6.07, 6.45) is -0.0903. The molecule has 1 fully saturated rings. The summed E-state index contributed by atoms with van der Waals surface area (Å²) in [7, 11) is 1.62. The van der Waals surface area contributed by atoms with E-state index in [1.807, 2.05) is 53.4 Å². The van der Waals surface area contributed by atoms with E-state index in [1.54, 1.807) is 7.11 Å². The molecule has 0 spiro atoms. The van der Waals surface area contributed by atoms with Gasteiger partial charge in [-0.05, 0) is 54.4 Å². The average Bonchev–Trinajstić information content (AvgIpc) is 2.88. The van der Waals surface area contributed by atoms with Crippen LogP contribution in [0.5, 0.6) is 5.75 Å². The molecule has 1 unspecified atom stereocenters. The van der Waals surface area contributed by atoms with Crippen molar-refractivity contribution in [2.45, 2.75) is 19.6 Å². The maximum atomic E-state index is 12.7. The van der Waals surface area contributed by atoms with Crippen LogP contribution in [0.2, 0.25) is 5.02 Å². The molecule has 0 aliphatic carbocycles. The SMILES string of the molecule is COc1ccc(NC(=O)N2CCN(CC(OCc3cccc(C)c3)c3ccc(Cl)cc3)CC2)cc1. The third-order valence-corrected chi connectivity index (χ3v) is 6.45. The lowest BCUT2D eigenvalue weighted by atomic mass is 10.1. The van der Waals surface area contributed by atoms with Gasteiger partial charge < -0.3 is 19.7 Å². The van der Waals surface area contributed by atoms with Gasteiger partial charge in [-0.2, -0.15) is 0 Å². The van der Waals surface area contributed by atoms with Crippen LogP contribution < -0.4 is 10.1 Å². The standard InChI is InChI=1S/C28H32ClN3O3/c1-21-4-3-5-22(18-21)20-35-27(23-6-8-24(29)9-7-23)19-31-14-16-32(17-15-31)28(33)30-25-10-12-26(34-2)13-11-25/h3-13,18,27H,14-17,19-20H2,1-2H3,(H,30,33). The van der Waals surface area contributed by atoms with Gasteiger partial charge in [0.1, 0.15) is 5.75 Å². The van der Waals surface area contributed by atoms with Crippen molar-refractivity contribution < 1.29 is 14.3 Å². The number of piperazine rings is 1. The number of nitrogens with one attached hydrogen (secondary N) is 1. The first-order chi connectivity index (χ1) is 17.0. The van der Waals surface area contributed by atoms with E-state index in [1.165, 1.54) is 5.56 Å². The van der Waals surface area contributed by atoms with Crippen molar-refractivity contribution in [1.29, 1.82) is 0 Å². The number of amides is 2. The smallest absolute Gasteiger partial charge is 0.321 e. The maximum absolute atomic E-state index is 12.7. The molecule has 7 heteroatoms. The molecule has 1 saturated heterocycles. The molecule has 3 aromatic rings. The fourth-order valence-electron chi connectivity index (χ4n) is 4.18. The lowest BCUT2D eigenvalue weighted by Crippen LogP contribution is -2.50. The van der Waals surface area contributed by atoms with Gasteiger partial charge in [0.05, 0.1) is 19.8 Å². The van der Waals surface area contributed by atoms with Crippen molar-refractivity contribution in [3.63, 3.8) is 0 Å². The Bertz CT molecular complexity index is 1100. The minimum absolute atomic E-state index is 0.0836. The summed E-state index contributed by atoms with van der Waals surface area (Å²) in [5.41, 5.74) is 4.23. The van der Waals surface area contributed by atoms with Gasteiger partial charge in [0.2, 0.25) is 0 Å². The summed E-state index contributed by atoms with van der Waals surface area (Å²) in [6, 6.07) is 23.5. The number of carbonyl (C=O) groups is 1. The van der Waals surface area contributed by atoms with Crippen molar-refractivity contribution in [3.05, 3.63) is 94.5 Å². The molecule has 0 bridgehead atoms. The van der Waals surface area contributed by atoms with Crippen LogP contribution >= 0.6 is 11.6 Å². The Labute approximate surface area is 212 Å². The number of hydrogen-bond acceptors (Lipinski definition) is 4. The minimum atomic E-state index is -0.0903. The topological polar surface area (TPSA) is 54.0 Å². The second-order valence-corrected chi connectivity index (χ2v) is 9.22. The Balaban J connectivity index is 1.33. The average molecular weight is 494 g/mol. The third kappa shape index (κ3) is 7.21. The van der Waals surface area contributed by atoms with Crippen molar-refractivity contribution in [3.8, 4) is 5.75 Å². The molecule has 3 aromatic carbocycles. The van der Waals surface area contributed by atoms with E-state index >= 15 is 0 Å². The number of anilines is 1. The van der Waals surface area contributed by atoms with Crippen LogP contribution in [-0.4, -0.2) is 55.7 Å². The summed E-state index contributed by atoms with van der Waals surface area (Å²) in [6.45, 7) is 6.27. The molecule has 1 N–H and O–H groups in total. The number of carbonyl (C=O) groups excluding carboxylic acids is 1. The normalized spacial score (nSPS) is 15.0. The van der Waals surface area contributed by atoms with E-state index in [2.05, 4.69) is 41.4 Å². The number of nitrogens with zero attached hydrogens (tertiary/aromatic N) is 2. The molecule has 1 aliphatic rings. The summed E-state index contributed by atoms with van der Waals surface area (Å²) < 4.78 is 11.6. The first kappa shape index (κ1) is 25.0. The highest BCUT2D eigenvalue weighted by molar-refractivity contribution is 6.30. The summed E-state index contributed by atoms with van der Waals surface area (Å²) in [5, 5.41) is 3.68. The van der Waals surface area contributed by atoms with Crippen LogP contribution in [0.1, 0.15) is 22.8 Å². The number of hydrogen-bond donors (Lipinski definition) is 1. The van der Waals surface area contributed by atoms with Crippen LogP contribution in [0.15, 0.2) is 72.8 Å². The molecule has 0 radical (unpaired) electrons. The first-order valence-corrected chi connectivity index (χ1v) is 12.2. The maximum Gasteiger partial charge on any atom is 0.321 e. The van der Waals surface area contributed by atoms with Gasteiger partial charge in [-0.25, -0.2) is 4.79 Å². The molecule has 6 nitrogen and oxygen atoms in total. The molecule has 184 valence electrons. The van der Waals surface area contributed by atoms with Crippen LogP contribution in [0.4, 0.5) is 10.5 Å². The molecule has 1 atom stereocenters. The summed E-state index contributed by atoms with van der Waals surface area (Å²) in [4.78, 5) is 16.9. The predicted molar refractivity (Wildman–Crippen MR) is 140 cm³/mol. The lowest BCUT2D eigenvalue weighted by Gasteiger charge is -2.36. The summed E-state index contributed by atoms with van der Waals surface area (Å²) >= 11 is 6.12. The number of rotatable bonds is 8. The molecule has 35 heavy (non-hydrogen) atoms. The molecule has 2 amide bonds. The van der Waals surface area contributed by atoms with Gasteiger partial charge in [0.25, 0.3) is 0 Å². The quantitative estimate of drug-likeness (QED) is 0.433. The lowest BCUT2D eigenvalue weighted by molar-refractivity contribution is 0.00592. The minimum Gasteiger partial charge on any atom is -0.497 e. The number of ether oxygens (including phenoxy) is 2. The highest BCUT2D eigenvalue weighted by Gasteiger charge is 2.24. The van der Waals surface area contributed by atoms with Gasteiger partial charge in [-0.3, -0.25) is 4.90 Å². The fraction of sp³-hybridized carbons (Fsp3) is 0.321. The van der Waals surface area contributed by atoms with Crippen molar-refractivity contribution in [2.75, 3.05) is 45.2 Å². The number of urea groups is 1. The van der Waals surface area contributed by atoms with Gasteiger partial charge in [0.15, 0.2) is 0 Å². The summed E-state index contributed by atoms with van der Waals surface area (Å²) in [5.74, 6) is 0.761. The molecule has 4 rings (SSSR count). The second-order valence-electron chi connectivity index (χ2n) is 8.79. The number of aryl methyl sites for hydroxylation is 1. The Morgan fingerprint density at radius 3 is 2.37 bits per heavy atom. The van der Waals surface area contributed by atoms with Gasteiger partial charge in [0, 0.05) is 43.4 Å². The Morgan fingerprint density at radius 2 is 1.71 bits per heavy atom.